The standard InChI is InChI=1S/C16H15N3/c17-12-14-8-9-18-15(13-6-2-1-3-7-13)16(14)19-10-4-5-11-19/h1-3,6-9H,4-5,10-11H2. The number of benzene rings is 1. The highest BCUT2D eigenvalue weighted by Gasteiger charge is 2.20. The van der Waals surface area contributed by atoms with Crippen molar-refractivity contribution in [2.24, 2.45) is 0 Å². The number of hydrogen-bond donors (Lipinski definition) is 0. The minimum atomic E-state index is 0.718. The molecule has 3 rings (SSSR count). The fraction of sp³-hybridized carbons (Fsp3) is 0.250. The van der Waals surface area contributed by atoms with Gasteiger partial charge < -0.3 is 4.90 Å². The molecule has 1 fully saturated rings. The van der Waals surface area contributed by atoms with E-state index in [9.17, 15) is 5.26 Å². The average molecular weight is 249 g/mol. The monoisotopic (exact) mass is 249 g/mol. The van der Waals surface area contributed by atoms with E-state index in [1.807, 2.05) is 30.3 Å². The molecule has 0 aliphatic carbocycles. The number of pyridine rings is 1. The van der Waals surface area contributed by atoms with Crippen molar-refractivity contribution in [2.45, 2.75) is 12.8 Å². The van der Waals surface area contributed by atoms with Crippen LogP contribution in [0.1, 0.15) is 18.4 Å². The molecular weight excluding hydrogens is 234 g/mol. The van der Waals surface area contributed by atoms with Crippen molar-refractivity contribution >= 4 is 5.69 Å². The van der Waals surface area contributed by atoms with Crippen molar-refractivity contribution < 1.29 is 0 Å². The molecule has 0 bridgehead atoms. The smallest absolute Gasteiger partial charge is 0.101 e. The van der Waals surface area contributed by atoms with Crippen LogP contribution in [0, 0.1) is 11.3 Å². The van der Waals surface area contributed by atoms with Crippen LogP contribution in [0.5, 0.6) is 0 Å². The minimum Gasteiger partial charge on any atom is -0.369 e. The lowest BCUT2D eigenvalue weighted by Crippen LogP contribution is -2.20. The van der Waals surface area contributed by atoms with Gasteiger partial charge in [0.05, 0.1) is 16.9 Å². The Bertz CT molecular complexity index is 608. The first-order valence-corrected chi connectivity index (χ1v) is 6.59. The number of nitriles is 1. The molecule has 0 spiro atoms. The molecule has 0 N–H and O–H groups in total. The summed E-state index contributed by atoms with van der Waals surface area (Å²) < 4.78 is 0. The third-order valence-corrected chi connectivity index (χ3v) is 3.51. The Labute approximate surface area is 113 Å². The number of anilines is 1. The van der Waals surface area contributed by atoms with Crippen LogP contribution in [0.3, 0.4) is 0 Å². The van der Waals surface area contributed by atoms with Gasteiger partial charge in [0.1, 0.15) is 6.07 Å². The molecule has 3 nitrogen and oxygen atoms in total. The predicted molar refractivity (Wildman–Crippen MR) is 75.8 cm³/mol. The van der Waals surface area contributed by atoms with Crippen molar-refractivity contribution in [3.8, 4) is 17.3 Å². The zero-order valence-electron chi connectivity index (χ0n) is 10.7. The number of hydrogen-bond acceptors (Lipinski definition) is 3. The van der Waals surface area contributed by atoms with Crippen LogP contribution in [-0.2, 0) is 0 Å². The van der Waals surface area contributed by atoms with E-state index in [-0.39, 0.29) is 0 Å². The zero-order valence-corrected chi connectivity index (χ0v) is 10.7. The van der Waals surface area contributed by atoms with Crippen molar-refractivity contribution in [3.05, 3.63) is 48.2 Å². The summed E-state index contributed by atoms with van der Waals surface area (Å²) in [7, 11) is 0. The van der Waals surface area contributed by atoms with Crippen molar-refractivity contribution in [2.75, 3.05) is 18.0 Å². The Morgan fingerprint density at radius 3 is 2.47 bits per heavy atom. The van der Waals surface area contributed by atoms with Crippen LogP contribution in [-0.4, -0.2) is 18.1 Å². The lowest BCUT2D eigenvalue weighted by molar-refractivity contribution is 0.949. The van der Waals surface area contributed by atoms with Gasteiger partial charge in [-0.2, -0.15) is 5.26 Å². The Morgan fingerprint density at radius 2 is 1.79 bits per heavy atom. The third kappa shape index (κ3) is 2.17. The Kier molecular flexibility index (Phi) is 3.16. The van der Waals surface area contributed by atoms with E-state index in [4.69, 9.17) is 0 Å². The number of aromatic nitrogens is 1. The molecule has 0 radical (unpaired) electrons. The van der Waals surface area contributed by atoms with E-state index in [2.05, 4.69) is 16.0 Å². The van der Waals surface area contributed by atoms with Crippen molar-refractivity contribution in [1.29, 1.82) is 5.26 Å². The topological polar surface area (TPSA) is 39.9 Å². The quantitative estimate of drug-likeness (QED) is 0.820. The first-order chi connectivity index (χ1) is 9.40. The molecule has 0 atom stereocenters. The molecule has 1 aromatic heterocycles. The van der Waals surface area contributed by atoms with Crippen LogP contribution >= 0.6 is 0 Å². The molecule has 1 aliphatic rings. The summed E-state index contributed by atoms with van der Waals surface area (Å²) in [6.07, 6.45) is 4.10. The van der Waals surface area contributed by atoms with Gasteiger partial charge in [-0.25, -0.2) is 0 Å². The lowest BCUT2D eigenvalue weighted by Gasteiger charge is -2.21. The maximum atomic E-state index is 9.35. The summed E-state index contributed by atoms with van der Waals surface area (Å²) in [5, 5.41) is 9.35. The fourth-order valence-corrected chi connectivity index (χ4v) is 2.61. The second-order valence-electron chi connectivity index (χ2n) is 4.73. The van der Waals surface area contributed by atoms with Gasteiger partial charge in [0.25, 0.3) is 0 Å². The molecule has 1 aliphatic heterocycles. The Morgan fingerprint density at radius 1 is 1.05 bits per heavy atom. The highest BCUT2D eigenvalue weighted by Crippen LogP contribution is 2.33. The van der Waals surface area contributed by atoms with Gasteiger partial charge in [-0.15, -0.1) is 0 Å². The second-order valence-corrected chi connectivity index (χ2v) is 4.73. The summed E-state index contributed by atoms with van der Waals surface area (Å²) >= 11 is 0. The zero-order chi connectivity index (χ0) is 13.1. The third-order valence-electron chi connectivity index (χ3n) is 3.51. The van der Waals surface area contributed by atoms with Gasteiger partial charge >= 0.3 is 0 Å². The average Bonchev–Trinajstić information content (AvgIpc) is 3.01. The molecule has 1 aromatic carbocycles. The van der Waals surface area contributed by atoms with E-state index in [0.717, 1.165) is 35.6 Å². The van der Waals surface area contributed by atoms with Crippen molar-refractivity contribution in [3.63, 3.8) is 0 Å². The van der Waals surface area contributed by atoms with Crippen LogP contribution in [0.15, 0.2) is 42.6 Å². The molecule has 0 amide bonds. The van der Waals surface area contributed by atoms with Crippen LogP contribution in [0.25, 0.3) is 11.3 Å². The van der Waals surface area contributed by atoms with E-state index in [1.165, 1.54) is 12.8 Å². The fourth-order valence-electron chi connectivity index (χ4n) is 2.61. The number of nitrogens with zero attached hydrogens (tertiary/aromatic N) is 3. The molecule has 2 heterocycles. The summed E-state index contributed by atoms with van der Waals surface area (Å²) in [4.78, 5) is 6.79. The largest absolute Gasteiger partial charge is 0.369 e. The molecule has 19 heavy (non-hydrogen) atoms. The molecular formula is C16H15N3. The maximum Gasteiger partial charge on any atom is 0.101 e. The molecule has 2 aromatic rings. The van der Waals surface area contributed by atoms with Gasteiger partial charge in [-0.05, 0) is 18.9 Å². The molecule has 0 saturated carbocycles. The molecule has 1 saturated heterocycles. The normalized spacial score (nSPS) is 14.4. The van der Waals surface area contributed by atoms with Crippen LogP contribution in [0.4, 0.5) is 5.69 Å². The summed E-state index contributed by atoms with van der Waals surface area (Å²) in [5.74, 6) is 0. The van der Waals surface area contributed by atoms with Gasteiger partial charge in [0.15, 0.2) is 0 Å². The summed E-state index contributed by atoms with van der Waals surface area (Å²) in [6.45, 7) is 2.03. The summed E-state index contributed by atoms with van der Waals surface area (Å²) in [6, 6.07) is 14.2. The Balaban J connectivity index is 2.16. The molecule has 94 valence electrons. The summed E-state index contributed by atoms with van der Waals surface area (Å²) in [5.41, 5.74) is 3.70. The molecule has 3 heteroatoms. The van der Waals surface area contributed by atoms with Crippen LogP contribution < -0.4 is 4.90 Å². The maximum absolute atomic E-state index is 9.35. The van der Waals surface area contributed by atoms with E-state index in [0.29, 0.717) is 0 Å². The van der Waals surface area contributed by atoms with Gasteiger partial charge in [0, 0.05) is 24.8 Å². The van der Waals surface area contributed by atoms with Gasteiger partial charge in [0.2, 0.25) is 0 Å². The highest BCUT2D eigenvalue weighted by atomic mass is 15.2. The minimum absolute atomic E-state index is 0.718. The first kappa shape index (κ1) is 11.7. The SMILES string of the molecule is N#Cc1ccnc(-c2ccccc2)c1N1CCCC1. The van der Waals surface area contributed by atoms with E-state index < -0.39 is 0 Å². The predicted octanol–water partition coefficient (Wildman–Crippen LogP) is 3.22. The van der Waals surface area contributed by atoms with E-state index >= 15 is 0 Å². The van der Waals surface area contributed by atoms with Crippen molar-refractivity contribution in [1.82, 2.24) is 4.98 Å². The number of rotatable bonds is 2. The molecule has 0 unspecified atom stereocenters. The van der Waals surface area contributed by atoms with Gasteiger partial charge in [-0.1, -0.05) is 30.3 Å². The van der Waals surface area contributed by atoms with E-state index in [1.54, 1.807) is 12.3 Å². The lowest BCUT2D eigenvalue weighted by atomic mass is 10.1. The second kappa shape index (κ2) is 5.11. The van der Waals surface area contributed by atoms with Crippen LogP contribution in [0.2, 0.25) is 0 Å². The van der Waals surface area contributed by atoms with Gasteiger partial charge in [-0.3, -0.25) is 4.98 Å². The highest BCUT2D eigenvalue weighted by molar-refractivity contribution is 5.79. The Hall–Kier alpha value is -2.34. The first-order valence-electron chi connectivity index (χ1n) is 6.59.